The molecule has 1 heterocycles. The molecule has 1 aliphatic heterocycles. The molecule has 108 valence electrons. The number of carbonyl (C=O) groups excluding carboxylic acids is 2. The summed E-state index contributed by atoms with van der Waals surface area (Å²) < 4.78 is 23.1. The predicted octanol–water partition coefficient (Wildman–Crippen LogP) is 1.23. The smallest absolute Gasteiger partial charge is 0.328 e. The molecule has 1 fully saturated rings. The number of esters is 1. The molecule has 0 N–H and O–H groups in total. The number of nitrogens with zero attached hydrogens (tertiary/aromatic N) is 1. The Labute approximate surface area is 116 Å². The molecule has 1 amide bonds. The summed E-state index contributed by atoms with van der Waals surface area (Å²) >= 11 is 0. The number of hydrogen-bond donors (Lipinski definition) is 0. The number of likely N-dealkylation sites (tertiary alicyclic amines) is 1. The maximum Gasteiger partial charge on any atom is 0.328 e. The number of methoxy groups -OCH3 is 2. The van der Waals surface area contributed by atoms with Crippen LogP contribution in [0, 0.1) is 5.82 Å². The van der Waals surface area contributed by atoms with E-state index < -0.39 is 23.7 Å². The number of benzene rings is 1. The van der Waals surface area contributed by atoms with Crippen LogP contribution in [-0.2, 0) is 14.3 Å². The summed E-state index contributed by atoms with van der Waals surface area (Å²) in [5, 5.41) is 0. The average Bonchev–Trinajstić information content (AvgIpc) is 2.90. The van der Waals surface area contributed by atoms with E-state index in [1.165, 1.54) is 37.3 Å². The first-order chi connectivity index (χ1) is 9.56. The molecule has 2 atom stereocenters. The normalized spacial score (nSPS) is 21.9. The molecule has 1 aliphatic rings. The van der Waals surface area contributed by atoms with Gasteiger partial charge in [0.1, 0.15) is 11.9 Å². The highest BCUT2D eigenvalue weighted by atomic mass is 19.1. The second kappa shape index (κ2) is 6.00. The zero-order valence-electron chi connectivity index (χ0n) is 11.3. The van der Waals surface area contributed by atoms with Gasteiger partial charge in [-0.05, 0) is 18.2 Å². The lowest BCUT2D eigenvalue weighted by Crippen LogP contribution is -2.41. The predicted molar refractivity (Wildman–Crippen MR) is 68.7 cm³/mol. The maximum absolute atomic E-state index is 13.2. The Morgan fingerprint density at radius 1 is 1.35 bits per heavy atom. The summed E-state index contributed by atoms with van der Waals surface area (Å²) in [6, 6.07) is 4.69. The fraction of sp³-hybridized carbons (Fsp3) is 0.429. The summed E-state index contributed by atoms with van der Waals surface area (Å²) in [5.41, 5.74) is 0.204. The molecule has 0 bridgehead atoms. The summed E-state index contributed by atoms with van der Waals surface area (Å²) in [7, 11) is 2.79. The standard InChI is InChI=1S/C14H16FNO4/c1-19-11-7-12(14(18)20-2)16(8-11)13(17)9-4-3-5-10(15)6-9/h3-6,11-12H,7-8H2,1-2H3. The molecule has 0 saturated carbocycles. The molecule has 20 heavy (non-hydrogen) atoms. The molecule has 0 spiro atoms. The highest BCUT2D eigenvalue weighted by Crippen LogP contribution is 2.23. The van der Waals surface area contributed by atoms with E-state index in [0.717, 1.165) is 6.07 Å². The van der Waals surface area contributed by atoms with Crippen LogP contribution in [0.5, 0.6) is 0 Å². The van der Waals surface area contributed by atoms with Crippen LogP contribution >= 0.6 is 0 Å². The first kappa shape index (κ1) is 14.5. The van der Waals surface area contributed by atoms with Crippen LogP contribution in [-0.4, -0.2) is 49.7 Å². The van der Waals surface area contributed by atoms with Gasteiger partial charge < -0.3 is 14.4 Å². The molecule has 1 aromatic rings. The summed E-state index contributed by atoms with van der Waals surface area (Å²) in [4.78, 5) is 25.5. The lowest BCUT2D eigenvalue weighted by molar-refractivity contribution is -0.145. The van der Waals surface area contributed by atoms with Crippen LogP contribution in [0.1, 0.15) is 16.8 Å². The van der Waals surface area contributed by atoms with E-state index in [-0.39, 0.29) is 18.2 Å². The van der Waals surface area contributed by atoms with Gasteiger partial charge in [0.15, 0.2) is 0 Å². The van der Waals surface area contributed by atoms with Gasteiger partial charge in [-0.15, -0.1) is 0 Å². The van der Waals surface area contributed by atoms with Crippen molar-refractivity contribution in [2.45, 2.75) is 18.6 Å². The zero-order chi connectivity index (χ0) is 14.7. The van der Waals surface area contributed by atoms with Crippen LogP contribution in [0.2, 0.25) is 0 Å². The monoisotopic (exact) mass is 281 g/mol. The number of carbonyl (C=O) groups is 2. The van der Waals surface area contributed by atoms with Gasteiger partial charge in [0, 0.05) is 25.6 Å². The third-order valence-electron chi connectivity index (χ3n) is 3.40. The number of rotatable bonds is 3. The van der Waals surface area contributed by atoms with Crippen LogP contribution in [0.15, 0.2) is 24.3 Å². The van der Waals surface area contributed by atoms with Crippen LogP contribution in [0.3, 0.4) is 0 Å². The second-order valence-electron chi connectivity index (χ2n) is 4.60. The molecule has 2 unspecified atom stereocenters. The molecule has 0 aromatic heterocycles. The first-order valence-corrected chi connectivity index (χ1v) is 6.24. The maximum atomic E-state index is 13.2. The van der Waals surface area contributed by atoms with Crippen molar-refractivity contribution in [3.63, 3.8) is 0 Å². The Morgan fingerprint density at radius 3 is 2.70 bits per heavy atom. The fourth-order valence-electron chi connectivity index (χ4n) is 2.34. The zero-order valence-corrected chi connectivity index (χ0v) is 11.3. The van der Waals surface area contributed by atoms with Gasteiger partial charge in [0.05, 0.1) is 13.2 Å². The van der Waals surface area contributed by atoms with Gasteiger partial charge in [-0.1, -0.05) is 6.07 Å². The summed E-state index contributed by atoms with van der Waals surface area (Å²) in [6.45, 7) is 0.283. The third-order valence-corrected chi connectivity index (χ3v) is 3.40. The Kier molecular flexibility index (Phi) is 4.34. The fourth-order valence-corrected chi connectivity index (χ4v) is 2.34. The minimum atomic E-state index is -0.694. The second-order valence-corrected chi connectivity index (χ2v) is 4.60. The van der Waals surface area contributed by atoms with E-state index in [2.05, 4.69) is 0 Å². The Hall–Kier alpha value is -1.95. The van der Waals surface area contributed by atoms with Gasteiger partial charge >= 0.3 is 5.97 Å². The highest BCUT2D eigenvalue weighted by molar-refractivity contribution is 5.97. The van der Waals surface area contributed by atoms with Gasteiger partial charge in [-0.3, -0.25) is 4.79 Å². The molecule has 0 aliphatic carbocycles. The van der Waals surface area contributed by atoms with E-state index >= 15 is 0 Å². The van der Waals surface area contributed by atoms with Gasteiger partial charge in [0.2, 0.25) is 0 Å². The Balaban J connectivity index is 2.24. The molecule has 2 rings (SSSR count). The number of hydrogen-bond acceptors (Lipinski definition) is 4. The molecule has 5 nitrogen and oxygen atoms in total. The number of amides is 1. The van der Waals surface area contributed by atoms with E-state index in [1.807, 2.05) is 0 Å². The Morgan fingerprint density at radius 2 is 2.10 bits per heavy atom. The highest BCUT2D eigenvalue weighted by Gasteiger charge is 2.40. The molecule has 0 radical (unpaired) electrons. The third kappa shape index (κ3) is 2.80. The minimum Gasteiger partial charge on any atom is -0.467 e. The molecular weight excluding hydrogens is 265 g/mol. The lowest BCUT2D eigenvalue weighted by Gasteiger charge is -2.22. The summed E-state index contributed by atoms with van der Waals surface area (Å²) in [6.07, 6.45) is 0.154. The van der Waals surface area contributed by atoms with Gasteiger partial charge in [-0.25, -0.2) is 9.18 Å². The molecule has 1 saturated heterocycles. The van der Waals surface area contributed by atoms with E-state index in [1.54, 1.807) is 0 Å². The van der Waals surface area contributed by atoms with Crippen LogP contribution in [0.4, 0.5) is 4.39 Å². The van der Waals surface area contributed by atoms with Crippen LogP contribution < -0.4 is 0 Å². The quantitative estimate of drug-likeness (QED) is 0.782. The summed E-state index contributed by atoms with van der Waals surface area (Å²) in [5.74, 6) is -1.39. The molecule has 1 aromatic carbocycles. The van der Waals surface area contributed by atoms with E-state index in [4.69, 9.17) is 9.47 Å². The SMILES string of the molecule is COC(=O)C1CC(OC)CN1C(=O)c1cccc(F)c1. The lowest BCUT2D eigenvalue weighted by atomic mass is 10.1. The number of halogens is 1. The number of ether oxygens (including phenoxy) is 2. The largest absolute Gasteiger partial charge is 0.467 e. The van der Waals surface area contributed by atoms with Crippen molar-refractivity contribution in [3.8, 4) is 0 Å². The minimum absolute atomic E-state index is 0.204. The molecule has 6 heteroatoms. The van der Waals surface area contributed by atoms with Crippen molar-refractivity contribution in [2.75, 3.05) is 20.8 Å². The van der Waals surface area contributed by atoms with Crippen molar-refractivity contribution in [1.82, 2.24) is 4.90 Å². The van der Waals surface area contributed by atoms with Gasteiger partial charge in [0.25, 0.3) is 5.91 Å². The molecular formula is C14H16FNO4. The van der Waals surface area contributed by atoms with E-state index in [9.17, 15) is 14.0 Å². The average molecular weight is 281 g/mol. The van der Waals surface area contributed by atoms with Crippen LogP contribution in [0.25, 0.3) is 0 Å². The van der Waals surface area contributed by atoms with Crippen molar-refractivity contribution < 1.29 is 23.5 Å². The van der Waals surface area contributed by atoms with E-state index in [0.29, 0.717) is 6.42 Å². The topological polar surface area (TPSA) is 55.8 Å². The van der Waals surface area contributed by atoms with Crippen molar-refractivity contribution in [2.24, 2.45) is 0 Å². The van der Waals surface area contributed by atoms with Crippen molar-refractivity contribution in [3.05, 3.63) is 35.6 Å². The van der Waals surface area contributed by atoms with Crippen molar-refractivity contribution >= 4 is 11.9 Å². The first-order valence-electron chi connectivity index (χ1n) is 6.24. The van der Waals surface area contributed by atoms with Crippen molar-refractivity contribution in [1.29, 1.82) is 0 Å². The Bertz CT molecular complexity index is 520. The van der Waals surface area contributed by atoms with Gasteiger partial charge in [-0.2, -0.15) is 0 Å².